The molecule has 19 heavy (non-hydrogen) atoms. The lowest BCUT2D eigenvalue weighted by molar-refractivity contribution is 0.191. The number of rotatable bonds is 6. The highest BCUT2D eigenvalue weighted by atomic mass is 16.5. The van der Waals surface area contributed by atoms with Crippen molar-refractivity contribution in [2.24, 2.45) is 0 Å². The van der Waals surface area contributed by atoms with Crippen molar-refractivity contribution in [2.75, 3.05) is 19.0 Å². The number of aromatic nitrogens is 3. The summed E-state index contributed by atoms with van der Waals surface area (Å²) in [6.45, 7) is 7.16. The number of nitrogens with one attached hydrogen (secondary N) is 1. The van der Waals surface area contributed by atoms with Crippen LogP contribution in [0, 0.1) is 0 Å². The highest BCUT2D eigenvalue weighted by Gasteiger charge is 2.11. The fourth-order valence-corrected chi connectivity index (χ4v) is 1.93. The molecule has 0 saturated heterocycles. The fourth-order valence-electron chi connectivity index (χ4n) is 1.93. The van der Waals surface area contributed by atoms with Crippen molar-refractivity contribution in [3.05, 3.63) is 24.2 Å². The lowest BCUT2D eigenvalue weighted by Gasteiger charge is -2.14. The molecule has 0 amide bonds. The summed E-state index contributed by atoms with van der Waals surface area (Å²) in [7, 11) is 1.72. The van der Waals surface area contributed by atoms with E-state index in [9.17, 15) is 0 Å². The molecule has 0 bridgehead atoms. The molecule has 0 aliphatic heterocycles. The number of methoxy groups -OCH3 is 1. The first-order valence-electron chi connectivity index (χ1n) is 6.71. The average Bonchev–Trinajstić information content (AvgIpc) is 2.81. The fraction of sp³-hybridized carbons (Fsp3) is 0.571. The van der Waals surface area contributed by atoms with Crippen LogP contribution in [0.4, 0.5) is 5.82 Å². The topological polar surface area (TPSA) is 51.5 Å². The van der Waals surface area contributed by atoms with Crippen molar-refractivity contribution in [1.82, 2.24) is 14.6 Å². The maximum Gasteiger partial charge on any atom is 0.152 e. The second-order valence-electron chi connectivity index (χ2n) is 5.16. The minimum absolute atomic E-state index is 0.316. The van der Waals surface area contributed by atoms with E-state index >= 15 is 0 Å². The molecule has 2 aromatic rings. The zero-order chi connectivity index (χ0) is 13.8. The van der Waals surface area contributed by atoms with E-state index < -0.39 is 0 Å². The smallest absolute Gasteiger partial charge is 0.152 e. The first-order valence-corrected chi connectivity index (χ1v) is 6.71. The van der Waals surface area contributed by atoms with Crippen LogP contribution in [-0.2, 0) is 4.74 Å². The zero-order valence-corrected chi connectivity index (χ0v) is 12.1. The third-order valence-electron chi connectivity index (χ3n) is 3.14. The summed E-state index contributed by atoms with van der Waals surface area (Å²) in [6, 6.07) is 2.42. The number of hydrogen-bond donors (Lipinski definition) is 1. The summed E-state index contributed by atoms with van der Waals surface area (Å²) in [5, 5.41) is 7.97. The van der Waals surface area contributed by atoms with E-state index in [1.165, 1.54) is 0 Å². The van der Waals surface area contributed by atoms with E-state index in [4.69, 9.17) is 4.74 Å². The van der Waals surface area contributed by atoms with E-state index in [0.717, 1.165) is 30.1 Å². The number of nitrogens with zero attached hydrogens (tertiary/aromatic N) is 3. The van der Waals surface area contributed by atoms with Gasteiger partial charge in [0.15, 0.2) is 5.82 Å². The van der Waals surface area contributed by atoms with E-state index in [1.54, 1.807) is 13.3 Å². The third kappa shape index (κ3) is 3.23. The van der Waals surface area contributed by atoms with Crippen LogP contribution in [-0.4, -0.2) is 34.4 Å². The van der Waals surface area contributed by atoms with Crippen LogP contribution in [0.3, 0.4) is 0 Å². The van der Waals surface area contributed by atoms with Crippen molar-refractivity contribution < 1.29 is 4.74 Å². The molecule has 2 heterocycles. The van der Waals surface area contributed by atoms with Crippen LogP contribution < -0.4 is 5.32 Å². The maximum absolute atomic E-state index is 5.10. The normalized spacial score (nSPS) is 13.1. The lowest BCUT2D eigenvalue weighted by Crippen LogP contribution is -2.18. The summed E-state index contributed by atoms with van der Waals surface area (Å²) >= 11 is 0. The van der Waals surface area contributed by atoms with Gasteiger partial charge in [-0.15, -0.1) is 0 Å². The molecule has 0 saturated carbocycles. The molecule has 0 aliphatic rings. The second-order valence-corrected chi connectivity index (χ2v) is 5.16. The van der Waals surface area contributed by atoms with Crippen LogP contribution in [0.25, 0.3) is 5.52 Å². The molecular formula is C14H22N4O. The molecule has 5 nitrogen and oxygen atoms in total. The molecule has 0 fully saturated rings. The van der Waals surface area contributed by atoms with Gasteiger partial charge >= 0.3 is 0 Å². The van der Waals surface area contributed by atoms with Crippen molar-refractivity contribution in [2.45, 2.75) is 39.2 Å². The monoisotopic (exact) mass is 262 g/mol. The van der Waals surface area contributed by atoms with Gasteiger partial charge in [-0.1, -0.05) is 13.8 Å². The van der Waals surface area contributed by atoms with Gasteiger partial charge in [-0.25, -0.2) is 9.50 Å². The molecule has 104 valence electrons. The Morgan fingerprint density at radius 3 is 2.84 bits per heavy atom. The Kier molecular flexibility index (Phi) is 4.37. The molecule has 0 aliphatic carbocycles. The number of hydrogen-bond acceptors (Lipinski definition) is 4. The highest BCUT2D eigenvalue weighted by Crippen LogP contribution is 2.20. The molecular weight excluding hydrogens is 240 g/mol. The minimum atomic E-state index is 0.316. The van der Waals surface area contributed by atoms with Crippen molar-refractivity contribution in [1.29, 1.82) is 0 Å². The number of fused-ring (bicyclic) bond motifs is 1. The number of anilines is 1. The Balaban J connectivity index is 2.22. The number of ether oxygens (including phenoxy) is 1. The first-order chi connectivity index (χ1) is 9.11. The molecule has 1 atom stereocenters. The van der Waals surface area contributed by atoms with Crippen LogP contribution >= 0.6 is 0 Å². The summed E-state index contributed by atoms with van der Waals surface area (Å²) in [4.78, 5) is 4.41. The Morgan fingerprint density at radius 1 is 1.37 bits per heavy atom. The van der Waals surface area contributed by atoms with Crippen LogP contribution in [0.5, 0.6) is 0 Å². The van der Waals surface area contributed by atoms with E-state index in [0.29, 0.717) is 12.0 Å². The van der Waals surface area contributed by atoms with Crippen LogP contribution in [0.15, 0.2) is 18.5 Å². The first kappa shape index (κ1) is 13.8. The zero-order valence-electron chi connectivity index (χ0n) is 12.1. The molecule has 2 rings (SSSR count). The van der Waals surface area contributed by atoms with E-state index in [1.807, 2.05) is 10.7 Å². The maximum atomic E-state index is 5.10. The van der Waals surface area contributed by atoms with Crippen LogP contribution in [0.1, 0.15) is 38.8 Å². The average molecular weight is 262 g/mol. The minimum Gasteiger partial charge on any atom is -0.385 e. The van der Waals surface area contributed by atoms with Gasteiger partial charge in [0, 0.05) is 32.2 Å². The van der Waals surface area contributed by atoms with Crippen molar-refractivity contribution in [3.8, 4) is 0 Å². The van der Waals surface area contributed by atoms with Gasteiger partial charge in [-0.05, 0) is 25.3 Å². The molecule has 1 N–H and O–H groups in total. The SMILES string of the molecule is COCCC(C)Nc1nccn2nc(C(C)C)cc12. The van der Waals surface area contributed by atoms with Gasteiger partial charge in [0.05, 0.1) is 5.69 Å². The van der Waals surface area contributed by atoms with Crippen molar-refractivity contribution >= 4 is 11.3 Å². The Bertz CT molecular complexity index is 535. The Labute approximate surface area is 114 Å². The van der Waals surface area contributed by atoms with Gasteiger partial charge in [0.25, 0.3) is 0 Å². The quantitative estimate of drug-likeness (QED) is 0.869. The molecule has 0 aromatic carbocycles. The highest BCUT2D eigenvalue weighted by molar-refractivity contribution is 5.68. The largest absolute Gasteiger partial charge is 0.385 e. The summed E-state index contributed by atoms with van der Waals surface area (Å²) in [5.74, 6) is 1.30. The molecule has 5 heteroatoms. The Hall–Kier alpha value is -1.62. The second kappa shape index (κ2) is 6.02. The van der Waals surface area contributed by atoms with Gasteiger partial charge < -0.3 is 10.1 Å². The van der Waals surface area contributed by atoms with E-state index in [2.05, 4.69) is 42.2 Å². The molecule has 1 unspecified atom stereocenters. The molecule has 2 aromatic heterocycles. The van der Waals surface area contributed by atoms with Gasteiger partial charge in [-0.3, -0.25) is 0 Å². The molecule has 0 spiro atoms. The van der Waals surface area contributed by atoms with Gasteiger partial charge in [0.1, 0.15) is 5.52 Å². The van der Waals surface area contributed by atoms with E-state index in [-0.39, 0.29) is 0 Å². The molecule has 0 radical (unpaired) electrons. The van der Waals surface area contributed by atoms with Crippen molar-refractivity contribution in [3.63, 3.8) is 0 Å². The van der Waals surface area contributed by atoms with Gasteiger partial charge in [-0.2, -0.15) is 5.10 Å². The summed E-state index contributed by atoms with van der Waals surface area (Å²) in [6.07, 6.45) is 4.60. The summed E-state index contributed by atoms with van der Waals surface area (Å²) < 4.78 is 6.98. The third-order valence-corrected chi connectivity index (χ3v) is 3.14. The van der Waals surface area contributed by atoms with Crippen LogP contribution in [0.2, 0.25) is 0 Å². The summed E-state index contributed by atoms with van der Waals surface area (Å²) in [5.41, 5.74) is 2.11. The predicted octanol–water partition coefficient (Wildman–Crippen LogP) is 2.69. The standard InChI is InChI=1S/C14H22N4O/c1-10(2)12-9-13-14(15-6-7-18(13)17-12)16-11(3)5-8-19-4/h6-7,9-11H,5,8H2,1-4H3,(H,15,16). The van der Waals surface area contributed by atoms with Gasteiger partial charge in [0.2, 0.25) is 0 Å². The predicted molar refractivity (Wildman–Crippen MR) is 76.7 cm³/mol. The lowest BCUT2D eigenvalue weighted by atomic mass is 10.1. The Morgan fingerprint density at radius 2 is 2.16 bits per heavy atom.